The van der Waals surface area contributed by atoms with Gasteiger partial charge in [0.25, 0.3) is 0 Å². The van der Waals surface area contributed by atoms with Crippen molar-refractivity contribution in [2.75, 3.05) is 0 Å². The molecule has 3 heteroatoms. The molecule has 1 atom stereocenters. The lowest BCUT2D eigenvalue weighted by Crippen LogP contribution is -2.20. The topological polar surface area (TPSA) is 29.4 Å². The molecule has 0 aromatic heterocycles. The van der Waals surface area contributed by atoms with Gasteiger partial charge in [0.15, 0.2) is 0 Å². The summed E-state index contributed by atoms with van der Waals surface area (Å²) in [6.07, 6.45) is 7.26. The van der Waals surface area contributed by atoms with Gasteiger partial charge in [-0.05, 0) is 30.4 Å². The van der Waals surface area contributed by atoms with Gasteiger partial charge in [0.1, 0.15) is 0 Å². The highest BCUT2D eigenvalue weighted by molar-refractivity contribution is 8.00. The fourth-order valence-corrected chi connectivity index (χ4v) is 4.65. The van der Waals surface area contributed by atoms with Gasteiger partial charge >= 0.3 is 0 Å². The lowest BCUT2D eigenvalue weighted by Gasteiger charge is -2.25. The lowest BCUT2D eigenvalue weighted by molar-refractivity contribution is 0.448. The molecule has 0 amide bonds. The standard InChI is InChI=1S/C15H17NOS/c1-11-9-12-5-4-6-13(14(12)18-11)15(16-10-17)7-2-3-8-15/h4-6,11H,2-3,7-9H2,1H3. The molecule has 1 heterocycles. The van der Waals surface area contributed by atoms with Crippen LogP contribution in [0.5, 0.6) is 0 Å². The van der Waals surface area contributed by atoms with E-state index in [4.69, 9.17) is 0 Å². The minimum absolute atomic E-state index is 0.274. The Kier molecular flexibility index (Phi) is 3.04. The molecule has 0 bridgehead atoms. The van der Waals surface area contributed by atoms with Crippen molar-refractivity contribution in [1.82, 2.24) is 0 Å². The summed E-state index contributed by atoms with van der Waals surface area (Å²) < 4.78 is 0. The summed E-state index contributed by atoms with van der Waals surface area (Å²) in [5.41, 5.74) is 2.43. The number of benzene rings is 1. The van der Waals surface area contributed by atoms with Gasteiger partial charge < -0.3 is 0 Å². The molecule has 2 aliphatic rings. The average Bonchev–Trinajstić information content (AvgIpc) is 2.94. The number of hydrogen-bond acceptors (Lipinski definition) is 3. The second kappa shape index (κ2) is 4.56. The molecule has 1 aromatic carbocycles. The summed E-state index contributed by atoms with van der Waals surface area (Å²) in [5, 5.41) is 0.639. The van der Waals surface area contributed by atoms with Crippen molar-refractivity contribution in [2.24, 2.45) is 4.99 Å². The van der Waals surface area contributed by atoms with Crippen molar-refractivity contribution in [3.8, 4) is 0 Å². The molecule has 18 heavy (non-hydrogen) atoms. The normalized spacial score (nSPS) is 24.6. The molecule has 2 nitrogen and oxygen atoms in total. The summed E-state index contributed by atoms with van der Waals surface area (Å²) in [4.78, 5) is 16.4. The summed E-state index contributed by atoms with van der Waals surface area (Å²) in [6, 6.07) is 6.49. The van der Waals surface area contributed by atoms with Crippen molar-refractivity contribution in [2.45, 2.75) is 54.7 Å². The van der Waals surface area contributed by atoms with E-state index in [0.717, 1.165) is 32.1 Å². The first-order chi connectivity index (χ1) is 8.75. The van der Waals surface area contributed by atoms with E-state index in [-0.39, 0.29) is 5.54 Å². The maximum atomic E-state index is 10.8. The average molecular weight is 259 g/mol. The fraction of sp³-hybridized carbons (Fsp3) is 0.533. The van der Waals surface area contributed by atoms with Crippen molar-refractivity contribution >= 4 is 17.8 Å². The number of rotatable bonds is 2. The second-order valence-electron chi connectivity index (χ2n) is 5.37. The molecular formula is C15H17NOS. The third-order valence-electron chi connectivity index (χ3n) is 4.11. The smallest absolute Gasteiger partial charge is 0.211 e. The van der Waals surface area contributed by atoms with E-state index in [2.05, 4.69) is 30.1 Å². The highest BCUT2D eigenvalue weighted by Gasteiger charge is 2.39. The van der Waals surface area contributed by atoms with E-state index in [0.29, 0.717) is 5.25 Å². The van der Waals surface area contributed by atoms with Crippen LogP contribution in [-0.4, -0.2) is 11.3 Å². The molecular weight excluding hydrogens is 242 g/mol. The van der Waals surface area contributed by atoms with Crippen LogP contribution in [0.3, 0.4) is 0 Å². The third-order valence-corrected chi connectivity index (χ3v) is 5.40. The maximum Gasteiger partial charge on any atom is 0.235 e. The zero-order valence-corrected chi connectivity index (χ0v) is 11.4. The number of isocyanates is 1. The van der Waals surface area contributed by atoms with Gasteiger partial charge in [-0.1, -0.05) is 38.0 Å². The van der Waals surface area contributed by atoms with Gasteiger partial charge in [0.2, 0.25) is 6.08 Å². The Balaban J connectivity index is 2.12. The Morgan fingerprint density at radius 3 is 2.89 bits per heavy atom. The lowest BCUT2D eigenvalue weighted by atomic mass is 9.87. The number of hydrogen-bond donors (Lipinski definition) is 0. The Hall–Kier alpha value is -1.05. The van der Waals surface area contributed by atoms with E-state index >= 15 is 0 Å². The van der Waals surface area contributed by atoms with Crippen LogP contribution in [0, 0.1) is 0 Å². The van der Waals surface area contributed by atoms with Crippen molar-refractivity contribution in [3.63, 3.8) is 0 Å². The summed E-state index contributed by atoms with van der Waals surface area (Å²) in [5.74, 6) is 0. The van der Waals surface area contributed by atoms with Gasteiger partial charge in [-0.2, -0.15) is 4.99 Å². The van der Waals surface area contributed by atoms with Crippen LogP contribution in [0.2, 0.25) is 0 Å². The first-order valence-electron chi connectivity index (χ1n) is 6.63. The van der Waals surface area contributed by atoms with Gasteiger partial charge in [-0.25, -0.2) is 4.79 Å². The van der Waals surface area contributed by atoms with E-state index in [1.807, 2.05) is 17.8 Å². The van der Waals surface area contributed by atoms with Crippen LogP contribution in [0.1, 0.15) is 43.7 Å². The minimum atomic E-state index is -0.274. The van der Waals surface area contributed by atoms with Crippen LogP contribution >= 0.6 is 11.8 Å². The van der Waals surface area contributed by atoms with Gasteiger partial charge in [0.05, 0.1) is 5.54 Å². The molecule has 1 aromatic rings. The Morgan fingerprint density at radius 2 is 2.17 bits per heavy atom. The molecule has 3 rings (SSSR count). The molecule has 1 unspecified atom stereocenters. The first kappa shape index (κ1) is 12.0. The quantitative estimate of drug-likeness (QED) is 0.596. The van der Waals surface area contributed by atoms with Crippen LogP contribution in [-0.2, 0) is 16.8 Å². The van der Waals surface area contributed by atoms with Crippen LogP contribution in [0.4, 0.5) is 0 Å². The van der Waals surface area contributed by atoms with E-state index in [9.17, 15) is 4.79 Å². The predicted molar refractivity (Wildman–Crippen MR) is 73.7 cm³/mol. The molecule has 94 valence electrons. The minimum Gasteiger partial charge on any atom is -0.211 e. The maximum absolute atomic E-state index is 10.8. The number of thioether (sulfide) groups is 1. The number of aliphatic imine (C=N–C) groups is 1. The van der Waals surface area contributed by atoms with E-state index in [1.165, 1.54) is 16.0 Å². The predicted octanol–water partition coefficient (Wildman–Crippen LogP) is 3.83. The molecule has 0 saturated heterocycles. The van der Waals surface area contributed by atoms with Gasteiger partial charge in [0, 0.05) is 10.1 Å². The molecule has 0 N–H and O–H groups in total. The number of carbonyl (C=O) groups excluding carboxylic acids is 1. The molecule has 1 saturated carbocycles. The SMILES string of the molecule is CC1Cc2cccc(C3(N=C=O)CCCC3)c2S1. The molecule has 1 aliphatic carbocycles. The Labute approximate surface area is 112 Å². The largest absolute Gasteiger partial charge is 0.235 e. The van der Waals surface area contributed by atoms with Crippen LogP contribution < -0.4 is 0 Å². The Bertz CT molecular complexity index is 513. The molecule has 0 radical (unpaired) electrons. The Morgan fingerprint density at radius 1 is 1.39 bits per heavy atom. The number of fused-ring (bicyclic) bond motifs is 1. The van der Waals surface area contributed by atoms with E-state index in [1.54, 1.807) is 0 Å². The second-order valence-corrected chi connectivity index (χ2v) is 6.82. The highest BCUT2D eigenvalue weighted by Crippen LogP contribution is 2.49. The van der Waals surface area contributed by atoms with Crippen LogP contribution in [0.25, 0.3) is 0 Å². The first-order valence-corrected chi connectivity index (χ1v) is 7.51. The van der Waals surface area contributed by atoms with Gasteiger partial charge in [-0.3, -0.25) is 0 Å². The zero-order valence-electron chi connectivity index (χ0n) is 10.6. The summed E-state index contributed by atoms with van der Waals surface area (Å²) in [6.45, 7) is 2.26. The molecule has 0 spiro atoms. The van der Waals surface area contributed by atoms with Crippen LogP contribution in [0.15, 0.2) is 28.1 Å². The fourth-order valence-electron chi connectivity index (χ4n) is 3.29. The summed E-state index contributed by atoms with van der Waals surface area (Å²) >= 11 is 1.94. The monoisotopic (exact) mass is 259 g/mol. The zero-order chi connectivity index (χ0) is 12.6. The highest BCUT2D eigenvalue weighted by atomic mass is 32.2. The molecule has 1 fully saturated rings. The molecule has 1 aliphatic heterocycles. The van der Waals surface area contributed by atoms with Crippen molar-refractivity contribution in [3.05, 3.63) is 29.3 Å². The van der Waals surface area contributed by atoms with Crippen molar-refractivity contribution < 1.29 is 4.79 Å². The third kappa shape index (κ3) is 1.82. The number of nitrogens with zero attached hydrogens (tertiary/aromatic N) is 1. The van der Waals surface area contributed by atoms with Crippen molar-refractivity contribution in [1.29, 1.82) is 0 Å². The van der Waals surface area contributed by atoms with Gasteiger partial charge in [-0.15, -0.1) is 11.8 Å². The summed E-state index contributed by atoms with van der Waals surface area (Å²) in [7, 11) is 0. The van der Waals surface area contributed by atoms with E-state index < -0.39 is 0 Å².